The maximum absolute atomic E-state index is 12.4. The summed E-state index contributed by atoms with van der Waals surface area (Å²) in [7, 11) is 0. The molecule has 0 aromatic rings. The lowest BCUT2D eigenvalue weighted by Crippen LogP contribution is -2.57. The van der Waals surface area contributed by atoms with Crippen molar-refractivity contribution in [2.75, 3.05) is 45.8 Å². The summed E-state index contributed by atoms with van der Waals surface area (Å²) >= 11 is 0. The number of nitrogens with zero attached hydrogens (tertiary/aromatic N) is 3. The van der Waals surface area contributed by atoms with Crippen LogP contribution < -0.4 is 5.32 Å². The third-order valence-corrected chi connectivity index (χ3v) is 5.34. The summed E-state index contributed by atoms with van der Waals surface area (Å²) in [6, 6.07) is 0.506. The van der Waals surface area contributed by atoms with Gasteiger partial charge in [-0.1, -0.05) is 0 Å². The van der Waals surface area contributed by atoms with Crippen LogP contribution >= 0.6 is 0 Å². The molecule has 1 N–H and O–H groups in total. The predicted molar refractivity (Wildman–Crippen MR) is 89.2 cm³/mol. The second-order valence-electron chi connectivity index (χ2n) is 7.12. The number of nitrogens with one attached hydrogen (secondary N) is 1. The Hall–Kier alpha value is -1.63. The van der Waals surface area contributed by atoms with Gasteiger partial charge in [-0.15, -0.1) is 0 Å². The number of carbonyl (C=O) groups is 3. The van der Waals surface area contributed by atoms with Crippen LogP contribution in [0.1, 0.15) is 32.6 Å². The van der Waals surface area contributed by atoms with Crippen LogP contribution in [0.2, 0.25) is 0 Å². The van der Waals surface area contributed by atoms with Gasteiger partial charge < -0.3 is 20.0 Å². The lowest BCUT2D eigenvalue weighted by Gasteiger charge is -2.36. The number of piperidine rings is 1. The first-order valence-electron chi connectivity index (χ1n) is 9.17. The molecule has 1 saturated carbocycles. The van der Waals surface area contributed by atoms with Crippen molar-refractivity contribution in [2.24, 2.45) is 5.92 Å². The molecule has 7 nitrogen and oxygen atoms in total. The Morgan fingerprint density at radius 3 is 2.25 bits per heavy atom. The molecule has 3 rings (SSSR count). The van der Waals surface area contributed by atoms with E-state index >= 15 is 0 Å². The third-order valence-electron chi connectivity index (χ3n) is 5.34. The minimum absolute atomic E-state index is 0.0301. The molecule has 2 heterocycles. The van der Waals surface area contributed by atoms with Crippen molar-refractivity contribution in [3.8, 4) is 0 Å². The quantitative estimate of drug-likeness (QED) is 0.674. The van der Waals surface area contributed by atoms with Crippen molar-refractivity contribution < 1.29 is 14.4 Å². The molecule has 0 atom stereocenters. The summed E-state index contributed by atoms with van der Waals surface area (Å²) < 4.78 is 0. The maximum atomic E-state index is 12.4. The number of amides is 3. The minimum atomic E-state index is -0.544. The number of likely N-dealkylation sites (N-methyl/N-ethyl adjacent to an activating group) is 1. The van der Waals surface area contributed by atoms with Crippen LogP contribution in [0.4, 0.5) is 0 Å². The summed E-state index contributed by atoms with van der Waals surface area (Å²) in [6.07, 6.45) is 4.63. The summed E-state index contributed by atoms with van der Waals surface area (Å²) in [5, 5.41) is 3.60. The van der Waals surface area contributed by atoms with Crippen LogP contribution in [0.15, 0.2) is 0 Å². The molecular weight excluding hydrogens is 308 g/mol. The van der Waals surface area contributed by atoms with Crippen molar-refractivity contribution in [3.63, 3.8) is 0 Å². The fraction of sp³-hybridized carbons (Fsp3) is 0.824. The molecule has 2 saturated heterocycles. The third kappa shape index (κ3) is 4.06. The van der Waals surface area contributed by atoms with E-state index in [1.165, 1.54) is 22.6 Å². The van der Waals surface area contributed by atoms with Gasteiger partial charge in [-0.05, 0) is 45.1 Å². The van der Waals surface area contributed by atoms with Crippen LogP contribution in [0.5, 0.6) is 0 Å². The Morgan fingerprint density at radius 2 is 1.62 bits per heavy atom. The van der Waals surface area contributed by atoms with Gasteiger partial charge in [0.2, 0.25) is 5.91 Å². The molecule has 3 fully saturated rings. The zero-order valence-corrected chi connectivity index (χ0v) is 14.5. The second kappa shape index (κ2) is 7.51. The van der Waals surface area contributed by atoms with Crippen LogP contribution in [0.25, 0.3) is 0 Å². The van der Waals surface area contributed by atoms with Gasteiger partial charge in [0.25, 0.3) is 0 Å². The smallest absolute Gasteiger partial charge is 0.312 e. The molecule has 0 spiro atoms. The Balaban J connectivity index is 1.42. The van der Waals surface area contributed by atoms with E-state index in [4.69, 9.17) is 0 Å². The fourth-order valence-electron chi connectivity index (χ4n) is 3.42. The molecule has 0 aromatic carbocycles. The normalized spacial score (nSPS) is 23.1. The van der Waals surface area contributed by atoms with E-state index in [0.29, 0.717) is 25.7 Å². The summed E-state index contributed by atoms with van der Waals surface area (Å²) in [5.41, 5.74) is 0. The Morgan fingerprint density at radius 1 is 1.00 bits per heavy atom. The van der Waals surface area contributed by atoms with E-state index in [9.17, 15) is 14.4 Å². The van der Waals surface area contributed by atoms with E-state index in [-0.39, 0.29) is 12.5 Å². The first kappa shape index (κ1) is 17.2. The molecule has 134 valence electrons. The number of hydrogen-bond acceptors (Lipinski definition) is 4. The van der Waals surface area contributed by atoms with Gasteiger partial charge >= 0.3 is 11.8 Å². The Bertz CT molecular complexity index is 498. The lowest BCUT2D eigenvalue weighted by molar-refractivity contribution is -0.157. The highest BCUT2D eigenvalue weighted by Gasteiger charge is 2.34. The number of hydrogen-bond donors (Lipinski definition) is 1. The highest BCUT2D eigenvalue weighted by molar-refractivity contribution is 6.35. The molecule has 0 radical (unpaired) electrons. The van der Waals surface area contributed by atoms with Crippen molar-refractivity contribution >= 4 is 17.7 Å². The zero-order valence-electron chi connectivity index (χ0n) is 14.5. The highest BCUT2D eigenvalue weighted by atomic mass is 16.2. The van der Waals surface area contributed by atoms with E-state index in [1.807, 2.05) is 11.8 Å². The molecule has 2 aliphatic heterocycles. The minimum Gasteiger partial charge on any atom is -0.341 e. The van der Waals surface area contributed by atoms with Gasteiger partial charge in [0.1, 0.15) is 6.54 Å². The molecule has 3 aliphatic rings. The van der Waals surface area contributed by atoms with Gasteiger partial charge in [0, 0.05) is 38.8 Å². The molecule has 3 amide bonds. The van der Waals surface area contributed by atoms with Crippen molar-refractivity contribution in [1.29, 1.82) is 0 Å². The van der Waals surface area contributed by atoms with E-state index in [0.717, 1.165) is 38.4 Å². The standard InChI is InChI=1S/C17H28N4O3/c1-2-19-9-10-21(17(24)16(19)23)12-15(22)20-7-5-14(6-8-20)18-11-13-3-4-13/h13-14,18H,2-12H2,1H3. The van der Waals surface area contributed by atoms with Crippen LogP contribution in [-0.4, -0.2) is 84.3 Å². The van der Waals surface area contributed by atoms with E-state index < -0.39 is 11.8 Å². The lowest BCUT2D eigenvalue weighted by atomic mass is 10.0. The summed E-state index contributed by atoms with van der Waals surface area (Å²) in [4.78, 5) is 41.2. The summed E-state index contributed by atoms with van der Waals surface area (Å²) in [6.45, 7) is 5.96. The van der Waals surface area contributed by atoms with Gasteiger partial charge in [0.05, 0.1) is 0 Å². The molecular formula is C17H28N4O3. The van der Waals surface area contributed by atoms with Crippen molar-refractivity contribution in [2.45, 2.75) is 38.6 Å². The topological polar surface area (TPSA) is 73.0 Å². The van der Waals surface area contributed by atoms with Gasteiger partial charge in [-0.3, -0.25) is 14.4 Å². The van der Waals surface area contributed by atoms with Crippen LogP contribution in [0, 0.1) is 5.92 Å². The first-order chi connectivity index (χ1) is 11.6. The first-order valence-corrected chi connectivity index (χ1v) is 9.17. The SMILES string of the molecule is CCN1CCN(CC(=O)N2CCC(NCC3CC3)CC2)C(=O)C1=O. The van der Waals surface area contributed by atoms with Gasteiger partial charge in [-0.25, -0.2) is 0 Å². The molecule has 0 unspecified atom stereocenters. The average molecular weight is 336 g/mol. The number of carbonyl (C=O) groups excluding carboxylic acids is 3. The second-order valence-corrected chi connectivity index (χ2v) is 7.12. The Labute approximate surface area is 143 Å². The van der Waals surface area contributed by atoms with Gasteiger partial charge in [-0.2, -0.15) is 0 Å². The van der Waals surface area contributed by atoms with Crippen molar-refractivity contribution in [3.05, 3.63) is 0 Å². The number of piperazine rings is 1. The Kier molecular flexibility index (Phi) is 5.38. The monoisotopic (exact) mass is 336 g/mol. The van der Waals surface area contributed by atoms with E-state index in [2.05, 4.69) is 5.32 Å². The number of rotatable bonds is 6. The fourth-order valence-corrected chi connectivity index (χ4v) is 3.42. The van der Waals surface area contributed by atoms with Crippen LogP contribution in [0.3, 0.4) is 0 Å². The average Bonchev–Trinajstić information content (AvgIpc) is 3.42. The van der Waals surface area contributed by atoms with Gasteiger partial charge in [0.15, 0.2) is 0 Å². The molecule has 0 aromatic heterocycles. The molecule has 7 heteroatoms. The maximum Gasteiger partial charge on any atom is 0.312 e. The molecule has 1 aliphatic carbocycles. The van der Waals surface area contributed by atoms with E-state index in [1.54, 1.807) is 0 Å². The van der Waals surface area contributed by atoms with Crippen LogP contribution in [-0.2, 0) is 14.4 Å². The number of likely N-dealkylation sites (tertiary alicyclic amines) is 1. The molecule has 24 heavy (non-hydrogen) atoms. The highest BCUT2D eigenvalue weighted by Crippen LogP contribution is 2.28. The zero-order chi connectivity index (χ0) is 17.1. The largest absolute Gasteiger partial charge is 0.341 e. The molecule has 0 bridgehead atoms. The summed E-state index contributed by atoms with van der Waals surface area (Å²) in [5.74, 6) is -0.200. The predicted octanol–water partition coefficient (Wildman–Crippen LogP) is -0.332. The van der Waals surface area contributed by atoms with Crippen molar-refractivity contribution in [1.82, 2.24) is 20.0 Å².